The summed E-state index contributed by atoms with van der Waals surface area (Å²) in [7, 11) is -1.21. The van der Waals surface area contributed by atoms with Crippen molar-refractivity contribution in [2.45, 2.75) is 56.7 Å². The van der Waals surface area contributed by atoms with Crippen molar-refractivity contribution in [1.29, 1.82) is 0 Å². The number of hydrogen-bond donors (Lipinski definition) is 4. The molecule has 0 unspecified atom stereocenters. The van der Waals surface area contributed by atoms with Crippen LogP contribution < -0.4 is 15.0 Å². The van der Waals surface area contributed by atoms with Gasteiger partial charge in [0.2, 0.25) is 5.91 Å². The van der Waals surface area contributed by atoms with Crippen LogP contribution in [0.3, 0.4) is 0 Å². The average molecular weight is 614 g/mol. The zero-order chi connectivity index (χ0) is 31.2. The van der Waals surface area contributed by atoms with Crippen LogP contribution in [0.25, 0.3) is 10.9 Å². The van der Waals surface area contributed by atoms with Gasteiger partial charge in [0.25, 0.3) is 5.91 Å². The van der Waals surface area contributed by atoms with Gasteiger partial charge in [0.15, 0.2) is 13.9 Å². The lowest BCUT2D eigenvalue weighted by atomic mass is 9.82. The van der Waals surface area contributed by atoms with Crippen LogP contribution in [-0.4, -0.2) is 54.8 Å². The number of aromatic nitrogens is 1. The van der Waals surface area contributed by atoms with E-state index >= 15 is 0 Å². The summed E-state index contributed by atoms with van der Waals surface area (Å²) in [6, 6.07) is 21.0. The molecular weight excluding hydrogens is 574 g/mol. The van der Waals surface area contributed by atoms with Crippen molar-refractivity contribution in [1.82, 2.24) is 4.98 Å². The Bertz CT molecular complexity index is 1710. The lowest BCUT2D eigenvalue weighted by Crippen LogP contribution is -2.46. The molecule has 10 heteroatoms. The van der Waals surface area contributed by atoms with Crippen LogP contribution >= 0.6 is 0 Å². The van der Waals surface area contributed by atoms with E-state index in [9.17, 15) is 19.5 Å². The molecular formula is C34H39N3O6Si. The standard InChI is InChI=1S/C34H39N3O6Si/c1-21-32(44(3,4)41)30(14-15-38)43-34(21)27-18-25(42-2)12-13-29(27)37(33(34)40)20-22-8-7-9-24(16-22)36-31(39)17-23-19-35-28-11-6-5-10-26(23)28/h5-13,16,18-19,21,30,32,35,38,41H,14-15,17,20H2,1-4H3,(H,36,39)/t21-,30+,32-,34+/m0/s1. The number of H-pyrrole nitrogens is 1. The molecule has 0 saturated carbocycles. The normalized spacial score (nSPS) is 23.0. The van der Waals surface area contributed by atoms with Gasteiger partial charge in [-0.2, -0.15) is 0 Å². The maximum absolute atomic E-state index is 14.5. The molecule has 1 fully saturated rings. The van der Waals surface area contributed by atoms with E-state index < -0.39 is 20.0 Å². The second-order valence-corrected chi connectivity index (χ2v) is 16.4. The van der Waals surface area contributed by atoms with Crippen LogP contribution in [0.15, 0.2) is 72.9 Å². The van der Waals surface area contributed by atoms with Gasteiger partial charge in [0.1, 0.15) is 5.75 Å². The van der Waals surface area contributed by atoms with Crippen LogP contribution in [-0.2, 0) is 32.9 Å². The molecule has 0 radical (unpaired) electrons. The summed E-state index contributed by atoms with van der Waals surface area (Å²) in [4.78, 5) is 43.8. The molecule has 2 amide bonds. The Morgan fingerprint density at radius 2 is 1.93 bits per heavy atom. The molecule has 0 bridgehead atoms. The third kappa shape index (κ3) is 5.11. The fourth-order valence-corrected chi connectivity index (χ4v) is 9.93. The van der Waals surface area contributed by atoms with E-state index in [0.29, 0.717) is 23.4 Å². The summed E-state index contributed by atoms with van der Waals surface area (Å²) in [6.45, 7) is 5.86. The molecule has 6 rings (SSSR count). The monoisotopic (exact) mass is 613 g/mol. The topological polar surface area (TPSA) is 124 Å². The number of benzene rings is 3. The van der Waals surface area contributed by atoms with Crippen LogP contribution in [0.4, 0.5) is 11.4 Å². The number of aliphatic hydroxyl groups excluding tert-OH is 1. The predicted octanol–water partition coefficient (Wildman–Crippen LogP) is 5.08. The van der Waals surface area contributed by atoms with Crippen molar-refractivity contribution in [3.63, 3.8) is 0 Å². The van der Waals surface area contributed by atoms with Gasteiger partial charge in [-0.3, -0.25) is 9.59 Å². The molecule has 4 N–H and O–H groups in total. The van der Waals surface area contributed by atoms with Gasteiger partial charge in [-0.25, -0.2) is 0 Å². The van der Waals surface area contributed by atoms with Gasteiger partial charge < -0.3 is 34.6 Å². The molecule has 1 spiro atoms. The highest BCUT2D eigenvalue weighted by atomic mass is 28.4. The molecule has 1 aromatic heterocycles. The van der Waals surface area contributed by atoms with Crippen molar-refractivity contribution in [2.75, 3.05) is 23.9 Å². The molecule has 2 aliphatic heterocycles. The number of ether oxygens (including phenoxy) is 2. The average Bonchev–Trinajstić information content (AvgIpc) is 3.60. The SMILES string of the molecule is COc1ccc2c(c1)[C@@]1(O[C@H](CCO)[C@@H]([Si](C)(C)O)[C@@H]1C)C(=O)N2Cc1cccc(NC(=O)Cc2c[nH]c3ccccc23)c1. The largest absolute Gasteiger partial charge is 0.497 e. The Morgan fingerprint density at radius 1 is 1.14 bits per heavy atom. The first-order chi connectivity index (χ1) is 21.1. The lowest BCUT2D eigenvalue weighted by molar-refractivity contribution is -0.146. The van der Waals surface area contributed by atoms with Crippen molar-refractivity contribution < 1.29 is 29.0 Å². The summed E-state index contributed by atoms with van der Waals surface area (Å²) in [5.74, 6) is -0.0587. The Labute approximate surface area is 257 Å². The van der Waals surface area contributed by atoms with Gasteiger partial charge in [-0.1, -0.05) is 37.3 Å². The molecule has 230 valence electrons. The number of methoxy groups -OCH3 is 1. The third-order valence-corrected chi connectivity index (χ3v) is 11.7. The maximum atomic E-state index is 14.5. The summed E-state index contributed by atoms with van der Waals surface area (Å²) in [5, 5.41) is 13.9. The van der Waals surface area contributed by atoms with E-state index in [1.807, 2.05) is 92.9 Å². The molecule has 4 aromatic rings. The second kappa shape index (κ2) is 11.5. The minimum atomic E-state index is -2.79. The fraction of sp³-hybridized carbons (Fsp3) is 0.353. The number of carbonyl (C=O) groups excluding carboxylic acids is 2. The number of aliphatic hydroxyl groups is 1. The first-order valence-corrected chi connectivity index (χ1v) is 18.0. The van der Waals surface area contributed by atoms with Gasteiger partial charge in [-0.15, -0.1) is 0 Å². The van der Waals surface area contributed by atoms with E-state index in [0.717, 1.165) is 27.7 Å². The lowest BCUT2D eigenvalue weighted by Gasteiger charge is -2.32. The van der Waals surface area contributed by atoms with E-state index in [1.165, 1.54) is 0 Å². The number of fused-ring (bicyclic) bond motifs is 3. The Balaban J connectivity index is 1.28. The van der Waals surface area contributed by atoms with E-state index in [-0.39, 0.29) is 42.8 Å². The zero-order valence-electron chi connectivity index (χ0n) is 25.5. The van der Waals surface area contributed by atoms with Gasteiger partial charge in [0.05, 0.1) is 31.9 Å². The molecule has 3 heterocycles. The first kappa shape index (κ1) is 30.1. The number of anilines is 2. The van der Waals surface area contributed by atoms with E-state index in [1.54, 1.807) is 12.0 Å². The number of para-hydroxylation sites is 1. The predicted molar refractivity (Wildman–Crippen MR) is 172 cm³/mol. The Hall–Kier alpha value is -3.96. The minimum absolute atomic E-state index is 0.101. The van der Waals surface area contributed by atoms with Crippen molar-refractivity contribution in [2.24, 2.45) is 5.92 Å². The van der Waals surface area contributed by atoms with Gasteiger partial charge >= 0.3 is 0 Å². The molecule has 2 aliphatic rings. The maximum Gasteiger partial charge on any atom is 0.264 e. The number of aromatic amines is 1. The summed E-state index contributed by atoms with van der Waals surface area (Å²) >= 11 is 0. The minimum Gasteiger partial charge on any atom is -0.497 e. The summed E-state index contributed by atoms with van der Waals surface area (Å²) in [6.07, 6.45) is 1.97. The van der Waals surface area contributed by atoms with E-state index in [2.05, 4.69) is 10.3 Å². The molecule has 4 atom stereocenters. The summed E-state index contributed by atoms with van der Waals surface area (Å²) < 4.78 is 12.2. The van der Waals surface area contributed by atoms with Gasteiger partial charge in [0, 0.05) is 46.4 Å². The van der Waals surface area contributed by atoms with Crippen LogP contribution in [0.1, 0.15) is 30.0 Å². The summed E-state index contributed by atoms with van der Waals surface area (Å²) in [5.41, 5.74) is 3.26. The zero-order valence-corrected chi connectivity index (χ0v) is 26.5. The number of carbonyl (C=O) groups is 2. The van der Waals surface area contributed by atoms with E-state index in [4.69, 9.17) is 9.47 Å². The molecule has 3 aromatic carbocycles. The Kier molecular flexibility index (Phi) is 7.87. The molecule has 44 heavy (non-hydrogen) atoms. The highest BCUT2D eigenvalue weighted by Gasteiger charge is 2.66. The Morgan fingerprint density at radius 3 is 2.68 bits per heavy atom. The van der Waals surface area contributed by atoms with Crippen LogP contribution in [0.2, 0.25) is 18.6 Å². The first-order valence-electron chi connectivity index (χ1n) is 15.0. The van der Waals surface area contributed by atoms with Crippen LogP contribution in [0.5, 0.6) is 5.75 Å². The van der Waals surface area contributed by atoms with Crippen LogP contribution in [0, 0.1) is 5.92 Å². The number of nitrogens with one attached hydrogen (secondary N) is 2. The number of amides is 2. The highest BCUT2D eigenvalue weighted by Crippen LogP contribution is 2.60. The smallest absolute Gasteiger partial charge is 0.264 e. The number of hydrogen-bond acceptors (Lipinski definition) is 6. The fourth-order valence-electron chi connectivity index (χ4n) is 7.32. The number of nitrogens with zero attached hydrogens (tertiary/aromatic N) is 1. The van der Waals surface area contributed by atoms with Gasteiger partial charge in [-0.05, 0) is 67.0 Å². The van der Waals surface area contributed by atoms with Crippen molar-refractivity contribution >= 4 is 42.4 Å². The van der Waals surface area contributed by atoms with Crippen molar-refractivity contribution in [3.05, 3.63) is 89.6 Å². The molecule has 1 saturated heterocycles. The number of rotatable bonds is 9. The highest BCUT2D eigenvalue weighted by molar-refractivity contribution is 6.71. The quantitative estimate of drug-likeness (QED) is 0.195. The third-order valence-electron chi connectivity index (χ3n) is 9.18. The molecule has 0 aliphatic carbocycles. The second-order valence-electron chi connectivity index (χ2n) is 12.4. The van der Waals surface area contributed by atoms with Crippen molar-refractivity contribution in [3.8, 4) is 5.75 Å². The molecule has 9 nitrogen and oxygen atoms in total.